The lowest BCUT2D eigenvalue weighted by molar-refractivity contribution is 0.0712. The highest BCUT2D eigenvalue weighted by molar-refractivity contribution is 6.75. The maximum atomic E-state index is 12.0. The highest BCUT2D eigenvalue weighted by Gasteiger charge is 2.40. The van der Waals surface area contributed by atoms with Gasteiger partial charge in [-0.1, -0.05) is 45.0 Å². The molecule has 0 atom stereocenters. The van der Waals surface area contributed by atoms with E-state index in [1.165, 1.54) is 0 Å². The van der Waals surface area contributed by atoms with Crippen LogP contribution in [-0.4, -0.2) is 14.3 Å². The molecule has 1 aromatic carbocycles. The Balaban J connectivity index is 2.86. The molecule has 0 fully saturated rings. The largest absolute Gasteiger partial charge is 0.516 e. The minimum atomic E-state index is -2.08. The lowest BCUT2D eigenvalue weighted by Gasteiger charge is -2.35. The second kappa shape index (κ2) is 4.95. The van der Waals surface area contributed by atoms with Crippen LogP contribution in [0.25, 0.3) is 4.85 Å². The minimum Gasteiger partial charge on any atom is -0.516 e. The summed E-state index contributed by atoms with van der Waals surface area (Å²) in [6.45, 7) is 17.2. The van der Waals surface area contributed by atoms with Crippen LogP contribution in [0.4, 0.5) is 5.69 Å². The molecule has 3 nitrogen and oxygen atoms in total. The normalized spacial score (nSPS) is 11.8. The second-order valence-corrected chi connectivity index (χ2v) is 10.5. The molecule has 96 valence electrons. The van der Waals surface area contributed by atoms with Gasteiger partial charge in [-0.2, -0.15) is 0 Å². The van der Waals surface area contributed by atoms with Crippen LogP contribution >= 0.6 is 0 Å². The van der Waals surface area contributed by atoms with Crippen molar-refractivity contribution in [3.8, 4) is 0 Å². The van der Waals surface area contributed by atoms with Gasteiger partial charge in [0.25, 0.3) is 8.32 Å². The van der Waals surface area contributed by atoms with E-state index in [-0.39, 0.29) is 11.0 Å². The van der Waals surface area contributed by atoms with Crippen LogP contribution < -0.4 is 0 Å². The van der Waals surface area contributed by atoms with Crippen LogP contribution in [0.15, 0.2) is 24.3 Å². The van der Waals surface area contributed by atoms with Gasteiger partial charge in [0.05, 0.1) is 12.1 Å². The zero-order valence-corrected chi connectivity index (χ0v) is 12.6. The molecule has 0 aliphatic rings. The number of carbonyl (C=O) groups is 1. The van der Waals surface area contributed by atoms with Crippen LogP contribution in [0.5, 0.6) is 0 Å². The first-order chi connectivity index (χ1) is 8.17. The van der Waals surface area contributed by atoms with Gasteiger partial charge in [-0.15, -0.1) is 0 Å². The molecule has 0 heterocycles. The summed E-state index contributed by atoms with van der Waals surface area (Å²) in [4.78, 5) is 15.3. The highest BCUT2D eigenvalue weighted by atomic mass is 28.4. The molecule has 0 saturated heterocycles. The fraction of sp³-hybridized carbons (Fsp3) is 0.429. The molecular formula is C14H19NO2Si. The molecule has 0 aliphatic heterocycles. The first kappa shape index (κ1) is 14.5. The predicted octanol–water partition coefficient (Wildman–Crippen LogP) is 4.40. The van der Waals surface area contributed by atoms with Gasteiger partial charge in [-0.05, 0) is 18.1 Å². The van der Waals surface area contributed by atoms with E-state index in [4.69, 9.17) is 11.0 Å². The van der Waals surface area contributed by atoms with E-state index in [0.717, 1.165) is 0 Å². The monoisotopic (exact) mass is 261 g/mol. The predicted molar refractivity (Wildman–Crippen MR) is 75.3 cm³/mol. The maximum Gasteiger partial charge on any atom is 0.324 e. The standard InChI is InChI=1S/C14H19NO2Si/c1-14(2,3)18(5,6)17-13(16)11-7-9-12(15-4)10-8-11/h7-10H,1-3,5-6H3. The van der Waals surface area contributed by atoms with Gasteiger partial charge in [0.1, 0.15) is 0 Å². The first-order valence-electron chi connectivity index (χ1n) is 5.88. The summed E-state index contributed by atoms with van der Waals surface area (Å²) in [5.74, 6) is -0.293. The molecular weight excluding hydrogens is 242 g/mol. The Morgan fingerprint density at radius 2 is 1.72 bits per heavy atom. The van der Waals surface area contributed by atoms with Crippen molar-refractivity contribution in [1.29, 1.82) is 0 Å². The summed E-state index contributed by atoms with van der Waals surface area (Å²) in [6, 6.07) is 6.55. The zero-order valence-electron chi connectivity index (χ0n) is 11.6. The Kier molecular flexibility index (Phi) is 3.97. The van der Waals surface area contributed by atoms with Gasteiger partial charge in [0, 0.05) is 0 Å². The molecule has 0 radical (unpaired) electrons. The van der Waals surface area contributed by atoms with E-state index >= 15 is 0 Å². The molecule has 0 amide bonds. The maximum absolute atomic E-state index is 12.0. The van der Waals surface area contributed by atoms with Crippen molar-refractivity contribution in [3.63, 3.8) is 0 Å². The third-order valence-corrected chi connectivity index (χ3v) is 7.69. The quantitative estimate of drug-likeness (QED) is 0.583. The van der Waals surface area contributed by atoms with Crippen LogP contribution in [0.3, 0.4) is 0 Å². The van der Waals surface area contributed by atoms with E-state index in [9.17, 15) is 4.79 Å². The molecule has 0 saturated carbocycles. The Morgan fingerprint density at radius 1 is 1.22 bits per heavy atom. The van der Waals surface area contributed by atoms with Gasteiger partial charge in [-0.25, -0.2) is 9.64 Å². The van der Waals surface area contributed by atoms with Gasteiger partial charge in [0.2, 0.25) is 0 Å². The molecule has 0 N–H and O–H groups in total. The summed E-state index contributed by atoms with van der Waals surface area (Å²) in [5, 5.41) is -0.000880. The smallest absolute Gasteiger partial charge is 0.324 e. The van der Waals surface area contributed by atoms with E-state index in [2.05, 4.69) is 25.6 Å². The molecule has 4 heteroatoms. The summed E-state index contributed by atoms with van der Waals surface area (Å²) < 4.78 is 5.68. The average molecular weight is 261 g/mol. The second-order valence-electron chi connectivity index (χ2n) is 5.81. The summed E-state index contributed by atoms with van der Waals surface area (Å²) in [7, 11) is -2.08. The van der Waals surface area contributed by atoms with E-state index < -0.39 is 8.32 Å². The van der Waals surface area contributed by atoms with Crippen LogP contribution in [0.1, 0.15) is 31.1 Å². The summed E-state index contributed by atoms with van der Waals surface area (Å²) in [6.07, 6.45) is 0. The molecule has 0 bridgehead atoms. The van der Waals surface area contributed by atoms with Crippen LogP contribution in [0, 0.1) is 6.57 Å². The van der Waals surface area contributed by atoms with Crippen molar-refractivity contribution in [3.05, 3.63) is 41.2 Å². The molecule has 0 spiro atoms. The molecule has 0 unspecified atom stereocenters. The molecule has 0 aliphatic carbocycles. The number of hydrogen-bond donors (Lipinski definition) is 0. The number of carbonyl (C=O) groups excluding carboxylic acids is 1. The fourth-order valence-corrected chi connectivity index (χ4v) is 2.00. The molecule has 18 heavy (non-hydrogen) atoms. The van der Waals surface area contributed by atoms with E-state index in [0.29, 0.717) is 11.3 Å². The van der Waals surface area contributed by atoms with Crippen molar-refractivity contribution in [2.45, 2.75) is 38.9 Å². The van der Waals surface area contributed by atoms with Crippen molar-refractivity contribution < 1.29 is 9.22 Å². The number of hydrogen-bond acceptors (Lipinski definition) is 2. The molecule has 1 aromatic rings. The van der Waals surface area contributed by atoms with Gasteiger partial charge in [0.15, 0.2) is 5.69 Å². The van der Waals surface area contributed by atoms with Crippen molar-refractivity contribution in [1.82, 2.24) is 0 Å². The Morgan fingerprint density at radius 3 is 2.11 bits per heavy atom. The average Bonchev–Trinajstić information content (AvgIpc) is 2.27. The van der Waals surface area contributed by atoms with Crippen LogP contribution in [-0.2, 0) is 4.43 Å². The first-order valence-corrected chi connectivity index (χ1v) is 8.79. The number of rotatable bonds is 2. The van der Waals surface area contributed by atoms with E-state index in [1.54, 1.807) is 24.3 Å². The lowest BCUT2D eigenvalue weighted by atomic mass is 10.2. The van der Waals surface area contributed by atoms with Crippen molar-refractivity contribution in [2.24, 2.45) is 0 Å². The van der Waals surface area contributed by atoms with E-state index in [1.807, 2.05) is 13.1 Å². The Bertz CT molecular complexity index is 478. The lowest BCUT2D eigenvalue weighted by Crippen LogP contribution is -2.42. The third-order valence-electron chi connectivity index (χ3n) is 3.39. The summed E-state index contributed by atoms with van der Waals surface area (Å²) >= 11 is 0. The Hall–Kier alpha value is -1.60. The van der Waals surface area contributed by atoms with Crippen LogP contribution in [0.2, 0.25) is 18.1 Å². The third kappa shape index (κ3) is 3.20. The SMILES string of the molecule is [C-]#[N+]c1ccc(C(=O)O[Si](C)(C)C(C)(C)C)cc1. The van der Waals surface area contributed by atoms with Crippen molar-refractivity contribution >= 4 is 20.0 Å². The number of nitrogens with zero attached hydrogens (tertiary/aromatic N) is 1. The van der Waals surface area contributed by atoms with Gasteiger partial charge < -0.3 is 4.43 Å². The molecule has 0 aromatic heterocycles. The number of benzene rings is 1. The minimum absolute atomic E-state index is 0.000880. The Labute approximate surface area is 110 Å². The van der Waals surface area contributed by atoms with Crippen molar-refractivity contribution in [2.75, 3.05) is 0 Å². The van der Waals surface area contributed by atoms with Gasteiger partial charge >= 0.3 is 5.97 Å². The highest BCUT2D eigenvalue weighted by Crippen LogP contribution is 2.37. The molecule has 1 rings (SSSR count). The summed E-state index contributed by atoms with van der Waals surface area (Å²) in [5.41, 5.74) is 1.03. The fourth-order valence-electron chi connectivity index (χ4n) is 1.12. The topological polar surface area (TPSA) is 30.7 Å². The zero-order chi connectivity index (χ0) is 14.0. The van der Waals surface area contributed by atoms with Gasteiger partial charge in [-0.3, -0.25) is 0 Å².